The number of hydrogen-bond acceptors (Lipinski definition) is 0. The number of rotatable bonds is 2. The van der Waals surface area contributed by atoms with E-state index in [1.165, 1.54) is 5.56 Å². The molecule has 0 aromatic heterocycles. The number of benzene rings is 1. The van der Waals surface area contributed by atoms with Crippen LogP contribution < -0.4 is 5.19 Å². The first-order valence-corrected chi connectivity index (χ1v) is 5.21. The van der Waals surface area contributed by atoms with Crippen LogP contribution in [0.3, 0.4) is 0 Å². The lowest BCUT2D eigenvalue weighted by atomic mass is 9.97. The van der Waals surface area contributed by atoms with E-state index in [0.29, 0.717) is 5.92 Å². The molecular weight excluding hydrogens is 196 g/mol. The summed E-state index contributed by atoms with van der Waals surface area (Å²) in [5, 5.41) is 1.09. The largest absolute Gasteiger partial charge is 0.0926 e. The highest BCUT2D eigenvalue weighted by molar-refractivity contribution is 6.35. The van der Waals surface area contributed by atoms with Gasteiger partial charge in [-0.1, -0.05) is 54.9 Å². The molecule has 0 amide bonds. The summed E-state index contributed by atoms with van der Waals surface area (Å²) in [6.45, 7) is 4.26. The van der Waals surface area contributed by atoms with Crippen LogP contribution in [-0.2, 0) is 0 Å². The van der Waals surface area contributed by atoms with Gasteiger partial charge in [0.15, 0.2) is 0 Å². The summed E-state index contributed by atoms with van der Waals surface area (Å²) in [7, 11) is 3.56. The minimum absolute atomic E-state index is 0.440. The molecule has 0 aliphatic heterocycles. The van der Waals surface area contributed by atoms with Crippen molar-refractivity contribution in [2.45, 2.75) is 13.8 Å². The van der Waals surface area contributed by atoms with Crippen molar-refractivity contribution in [2.75, 3.05) is 0 Å². The summed E-state index contributed by atoms with van der Waals surface area (Å²) in [6, 6.07) is 8.10. The normalized spacial score (nSPS) is 12.2. The van der Waals surface area contributed by atoms with Crippen molar-refractivity contribution >= 4 is 32.6 Å². The molecule has 0 saturated carbocycles. The van der Waals surface area contributed by atoms with Crippen molar-refractivity contribution < 1.29 is 0 Å². The van der Waals surface area contributed by atoms with Crippen LogP contribution >= 0.6 is 11.6 Å². The van der Waals surface area contributed by atoms with Gasteiger partial charge in [-0.2, -0.15) is 0 Å². The van der Waals surface area contributed by atoms with Crippen LogP contribution in [0.4, 0.5) is 0 Å². The van der Waals surface area contributed by atoms with E-state index in [9.17, 15) is 0 Å². The minimum Gasteiger partial charge on any atom is -0.0926 e. The molecule has 0 saturated heterocycles. The van der Waals surface area contributed by atoms with Crippen molar-refractivity contribution in [2.24, 2.45) is 5.92 Å². The summed E-state index contributed by atoms with van der Waals surface area (Å²) in [4.78, 5) is 0. The third-order valence-corrected chi connectivity index (χ3v) is 2.65. The molecular formula is C11H12ClSi. The first-order valence-electron chi connectivity index (χ1n) is 4.28. The van der Waals surface area contributed by atoms with Crippen molar-refractivity contribution in [3.8, 4) is 0 Å². The average molecular weight is 208 g/mol. The molecule has 0 aliphatic carbocycles. The summed E-state index contributed by atoms with van der Waals surface area (Å²) < 4.78 is 0. The van der Waals surface area contributed by atoms with Gasteiger partial charge in [-0.05, 0) is 17.1 Å². The lowest BCUT2D eigenvalue weighted by Gasteiger charge is -2.12. The molecule has 1 aromatic rings. The van der Waals surface area contributed by atoms with E-state index < -0.39 is 0 Å². The van der Waals surface area contributed by atoms with Gasteiger partial charge in [0.25, 0.3) is 0 Å². The molecule has 2 heteroatoms. The summed E-state index contributed by atoms with van der Waals surface area (Å²) >= 11 is 5.79. The van der Waals surface area contributed by atoms with Gasteiger partial charge in [-0.25, -0.2) is 0 Å². The van der Waals surface area contributed by atoms with Crippen molar-refractivity contribution in [3.05, 3.63) is 35.4 Å². The second-order valence-corrected chi connectivity index (χ2v) is 4.02. The number of allylic oxidation sites excluding steroid dienone is 1. The predicted octanol–water partition coefficient (Wildman–Crippen LogP) is 2.72. The molecule has 3 radical (unpaired) electrons. The van der Waals surface area contributed by atoms with Crippen LogP contribution in [0, 0.1) is 5.92 Å². The van der Waals surface area contributed by atoms with Crippen molar-refractivity contribution in [1.82, 2.24) is 0 Å². The minimum atomic E-state index is 0.440. The first-order chi connectivity index (χ1) is 6.16. The molecule has 67 valence electrons. The fraction of sp³-hybridized carbons (Fsp3) is 0.273. The van der Waals surface area contributed by atoms with Crippen LogP contribution in [-0.4, -0.2) is 10.2 Å². The molecule has 0 bridgehead atoms. The van der Waals surface area contributed by atoms with Gasteiger partial charge in [0.05, 0.1) is 10.2 Å². The lowest BCUT2D eigenvalue weighted by Crippen LogP contribution is -2.10. The van der Waals surface area contributed by atoms with E-state index in [0.717, 1.165) is 10.8 Å². The zero-order valence-corrected chi connectivity index (χ0v) is 9.60. The molecule has 0 nitrogen and oxygen atoms in total. The SMILES string of the molecule is CC(C)C(=CCl)c1ccccc1[Si]. The Kier molecular flexibility index (Phi) is 3.76. The van der Waals surface area contributed by atoms with Gasteiger partial charge in [-0.3, -0.25) is 0 Å². The third kappa shape index (κ3) is 2.45. The summed E-state index contributed by atoms with van der Waals surface area (Å²) in [6.07, 6.45) is 0. The highest BCUT2D eigenvalue weighted by Crippen LogP contribution is 2.21. The molecule has 0 N–H and O–H groups in total. The molecule has 1 aromatic carbocycles. The molecule has 0 atom stereocenters. The van der Waals surface area contributed by atoms with Crippen LogP contribution in [0.5, 0.6) is 0 Å². The van der Waals surface area contributed by atoms with Crippen LogP contribution in [0.15, 0.2) is 29.8 Å². The zero-order valence-electron chi connectivity index (χ0n) is 7.84. The van der Waals surface area contributed by atoms with E-state index >= 15 is 0 Å². The Morgan fingerprint density at radius 1 is 1.38 bits per heavy atom. The fourth-order valence-corrected chi connectivity index (χ4v) is 1.92. The van der Waals surface area contributed by atoms with Crippen molar-refractivity contribution in [1.29, 1.82) is 0 Å². The van der Waals surface area contributed by atoms with Gasteiger partial charge < -0.3 is 0 Å². The highest BCUT2D eigenvalue weighted by Gasteiger charge is 2.07. The van der Waals surface area contributed by atoms with E-state index in [-0.39, 0.29) is 0 Å². The highest BCUT2D eigenvalue weighted by atomic mass is 35.5. The van der Waals surface area contributed by atoms with Gasteiger partial charge in [-0.15, -0.1) is 0 Å². The molecule has 1 rings (SSSR count). The Hall–Kier alpha value is -0.533. The van der Waals surface area contributed by atoms with E-state index in [4.69, 9.17) is 11.6 Å². The smallest absolute Gasteiger partial charge is 0.0720 e. The fourth-order valence-electron chi connectivity index (χ4n) is 1.23. The molecule has 0 fully saturated rings. The molecule has 0 aliphatic rings. The number of halogens is 1. The van der Waals surface area contributed by atoms with Gasteiger partial charge >= 0.3 is 0 Å². The second kappa shape index (κ2) is 4.63. The quantitative estimate of drug-likeness (QED) is 0.655. The maximum Gasteiger partial charge on any atom is 0.0720 e. The Morgan fingerprint density at radius 3 is 2.46 bits per heavy atom. The third-order valence-electron chi connectivity index (χ3n) is 1.98. The Labute approximate surface area is 88.0 Å². The topological polar surface area (TPSA) is 0 Å². The Balaban J connectivity index is 3.13. The molecule has 0 unspecified atom stereocenters. The zero-order chi connectivity index (χ0) is 9.84. The first kappa shape index (κ1) is 10.5. The molecule has 0 heterocycles. The standard InChI is InChI=1S/C11H12ClSi/c1-8(2)10(7-12)9-5-3-4-6-11(9)13/h3-8H,1-2H3. The maximum absolute atomic E-state index is 5.79. The second-order valence-electron chi connectivity index (χ2n) is 3.26. The number of hydrogen-bond donors (Lipinski definition) is 0. The summed E-state index contributed by atoms with van der Waals surface area (Å²) in [5.74, 6) is 0.440. The lowest BCUT2D eigenvalue weighted by molar-refractivity contribution is 0.858. The Morgan fingerprint density at radius 2 is 2.00 bits per heavy atom. The van der Waals surface area contributed by atoms with Crippen LogP contribution in [0.25, 0.3) is 5.57 Å². The average Bonchev–Trinajstić information content (AvgIpc) is 2.09. The van der Waals surface area contributed by atoms with E-state index in [2.05, 4.69) is 30.2 Å². The van der Waals surface area contributed by atoms with E-state index in [1.54, 1.807) is 5.54 Å². The van der Waals surface area contributed by atoms with Crippen molar-refractivity contribution in [3.63, 3.8) is 0 Å². The monoisotopic (exact) mass is 207 g/mol. The van der Waals surface area contributed by atoms with Crippen LogP contribution in [0.2, 0.25) is 0 Å². The molecule has 13 heavy (non-hydrogen) atoms. The van der Waals surface area contributed by atoms with Crippen LogP contribution in [0.1, 0.15) is 19.4 Å². The van der Waals surface area contributed by atoms with Gasteiger partial charge in [0.1, 0.15) is 0 Å². The molecule has 0 spiro atoms. The Bertz CT molecular complexity index is 316. The maximum atomic E-state index is 5.79. The van der Waals surface area contributed by atoms with E-state index in [1.807, 2.05) is 18.2 Å². The summed E-state index contributed by atoms with van der Waals surface area (Å²) in [5.41, 5.74) is 3.99. The van der Waals surface area contributed by atoms with Gasteiger partial charge in [0.2, 0.25) is 0 Å². The predicted molar refractivity (Wildman–Crippen MR) is 60.5 cm³/mol. The van der Waals surface area contributed by atoms with Gasteiger partial charge in [0, 0.05) is 5.54 Å².